The topological polar surface area (TPSA) is 9.72 Å². The molecule has 0 fully saturated rings. The molecule has 0 bridgehead atoms. The lowest BCUT2D eigenvalue weighted by molar-refractivity contribution is 0.794. The van der Waals surface area contributed by atoms with Crippen molar-refractivity contribution in [2.24, 2.45) is 0 Å². The fourth-order valence-corrected chi connectivity index (χ4v) is 13.9. The number of hydrogen-bond acceptors (Lipinski definition) is 3. The van der Waals surface area contributed by atoms with Crippen LogP contribution in [0.4, 0.5) is 51.2 Å². The maximum absolute atomic E-state index is 2.52. The smallest absolute Gasteiger partial charge is 0.0726 e. The van der Waals surface area contributed by atoms with Gasteiger partial charge in [-0.15, -0.1) is 0 Å². The summed E-state index contributed by atoms with van der Waals surface area (Å²) < 4.78 is 0. The van der Waals surface area contributed by atoms with E-state index in [1.807, 2.05) is 0 Å². The monoisotopic (exact) mass is 1120 g/mol. The van der Waals surface area contributed by atoms with Gasteiger partial charge in [0.1, 0.15) is 0 Å². The molecule has 0 heterocycles. The van der Waals surface area contributed by atoms with E-state index in [4.69, 9.17) is 0 Å². The van der Waals surface area contributed by atoms with Crippen LogP contribution in [0.1, 0.15) is 22.3 Å². The van der Waals surface area contributed by atoms with Crippen LogP contribution in [0.2, 0.25) is 0 Å². The Morgan fingerprint density at radius 3 is 0.966 bits per heavy atom. The average molecular weight is 1120 g/mol. The molecule has 2 aliphatic rings. The molecule has 0 saturated carbocycles. The summed E-state index contributed by atoms with van der Waals surface area (Å²) in [6, 6.07) is 131. The number of rotatable bonds is 13. The summed E-state index contributed by atoms with van der Waals surface area (Å²) in [6.07, 6.45) is 0. The zero-order valence-corrected chi connectivity index (χ0v) is 48.4. The van der Waals surface area contributed by atoms with Crippen molar-refractivity contribution in [2.45, 2.75) is 5.41 Å². The first-order chi connectivity index (χ1) is 43.7. The predicted octanol–water partition coefficient (Wildman–Crippen LogP) is 23.1. The number of benzene rings is 14. The molecular weight excluding hydrogens is 1060 g/mol. The molecule has 1 spiro atoms. The van der Waals surface area contributed by atoms with Gasteiger partial charge in [0.2, 0.25) is 0 Å². The van der Waals surface area contributed by atoms with E-state index in [2.05, 4.69) is 373 Å². The Labute approximate surface area is 515 Å². The third kappa shape index (κ3) is 8.99. The molecule has 16 rings (SSSR count). The van der Waals surface area contributed by atoms with Crippen molar-refractivity contribution in [2.75, 3.05) is 14.7 Å². The Morgan fingerprint density at radius 1 is 0.170 bits per heavy atom. The van der Waals surface area contributed by atoms with Crippen LogP contribution in [0, 0.1) is 0 Å². The molecule has 0 amide bonds. The van der Waals surface area contributed by atoms with Crippen molar-refractivity contribution in [3.63, 3.8) is 0 Å². The zero-order chi connectivity index (χ0) is 58.4. The number of para-hydroxylation sites is 3. The highest BCUT2D eigenvalue weighted by Crippen LogP contribution is 2.65. The van der Waals surface area contributed by atoms with E-state index >= 15 is 0 Å². The summed E-state index contributed by atoms with van der Waals surface area (Å²) in [5.41, 5.74) is 28.4. The van der Waals surface area contributed by atoms with Gasteiger partial charge in [0.05, 0.1) is 11.1 Å². The lowest BCUT2D eigenvalue weighted by atomic mass is 9.70. The molecule has 14 aromatic rings. The summed E-state index contributed by atoms with van der Waals surface area (Å²) in [5, 5.41) is 0. The van der Waals surface area contributed by atoms with Gasteiger partial charge in [-0.3, -0.25) is 0 Å². The molecule has 0 radical (unpaired) electrons. The molecule has 3 heteroatoms. The molecule has 0 saturated heterocycles. The predicted molar refractivity (Wildman–Crippen MR) is 369 cm³/mol. The van der Waals surface area contributed by atoms with Crippen LogP contribution in [-0.4, -0.2) is 0 Å². The summed E-state index contributed by atoms with van der Waals surface area (Å²) in [7, 11) is 0. The van der Waals surface area contributed by atoms with Crippen LogP contribution in [0.25, 0.3) is 66.8 Å². The van der Waals surface area contributed by atoms with E-state index < -0.39 is 5.41 Å². The average Bonchev–Trinajstić information content (AvgIpc) is 1.51. The van der Waals surface area contributed by atoms with Crippen molar-refractivity contribution in [3.8, 4) is 66.8 Å². The quantitative estimate of drug-likeness (QED) is 0.114. The summed E-state index contributed by atoms with van der Waals surface area (Å²) >= 11 is 0. The molecule has 414 valence electrons. The molecule has 0 aliphatic heterocycles. The lowest BCUT2D eigenvalue weighted by Crippen LogP contribution is -2.26. The van der Waals surface area contributed by atoms with Gasteiger partial charge in [0.15, 0.2) is 0 Å². The van der Waals surface area contributed by atoms with Gasteiger partial charge in [-0.25, -0.2) is 0 Å². The Hall–Kier alpha value is -11.5. The van der Waals surface area contributed by atoms with Crippen LogP contribution < -0.4 is 14.7 Å². The number of hydrogen-bond donors (Lipinski definition) is 0. The molecule has 0 aromatic heterocycles. The highest BCUT2D eigenvalue weighted by Gasteiger charge is 2.52. The molecule has 14 aromatic carbocycles. The zero-order valence-electron chi connectivity index (χ0n) is 48.4. The van der Waals surface area contributed by atoms with Crippen LogP contribution in [0.15, 0.2) is 358 Å². The van der Waals surface area contributed by atoms with Gasteiger partial charge in [-0.2, -0.15) is 0 Å². The van der Waals surface area contributed by atoms with Gasteiger partial charge in [0, 0.05) is 51.1 Å². The van der Waals surface area contributed by atoms with Crippen molar-refractivity contribution in [1.29, 1.82) is 0 Å². The second kappa shape index (κ2) is 22.2. The van der Waals surface area contributed by atoms with E-state index in [-0.39, 0.29) is 0 Å². The van der Waals surface area contributed by atoms with E-state index in [1.165, 1.54) is 77.9 Å². The normalized spacial score (nSPS) is 13.3. The first-order valence-corrected chi connectivity index (χ1v) is 30.3. The van der Waals surface area contributed by atoms with Crippen molar-refractivity contribution < 1.29 is 0 Å². The molecule has 3 nitrogen and oxygen atoms in total. The molecule has 1 unspecified atom stereocenters. The van der Waals surface area contributed by atoms with Crippen molar-refractivity contribution >= 4 is 51.2 Å². The standard InChI is InChI=1S/C85H59N3/c1-7-24-60(25-8-1)63-42-49-71(50-43-63)86(68-30-13-4-14-31-68)74-56-67(57-75(59-74)87(69-32-15-5-16-33-69)72-51-44-64(45-52-72)61-26-9-2-10-27-61)66-48-55-77-76-36-19-21-38-79(76)85(82(77)58-66)80-39-22-20-37-78(80)84-81(85)40-23-41-83(84)88(70-34-17-6-18-35-70)73-53-46-65(47-54-73)62-28-11-3-12-29-62/h1-59H. The molecule has 1 atom stereocenters. The van der Waals surface area contributed by atoms with Crippen LogP contribution in [0.3, 0.4) is 0 Å². The summed E-state index contributed by atoms with van der Waals surface area (Å²) in [6.45, 7) is 0. The third-order valence-corrected chi connectivity index (χ3v) is 17.8. The van der Waals surface area contributed by atoms with Crippen molar-refractivity contribution in [3.05, 3.63) is 380 Å². The number of nitrogens with zero attached hydrogens (tertiary/aromatic N) is 3. The van der Waals surface area contributed by atoms with Gasteiger partial charge in [-0.05, 0) is 187 Å². The first kappa shape index (κ1) is 52.1. The fourth-order valence-electron chi connectivity index (χ4n) is 13.9. The Morgan fingerprint density at radius 2 is 0.500 bits per heavy atom. The summed E-state index contributed by atoms with van der Waals surface area (Å²) in [5.74, 6) is 0. The Bertz CT molecular complexity index is 4660. The van der Waals surface area contributed by atoms with E-state index in [0.29, 0.717) is 0 Å². The maximum Gasteiger partial charge on any atom is 0.0726 e. The van der Waals surface area contributed by atoms with Gasteiger partial charge >= 0.3 is 0 Å². The highest BCUT2D eigenvalue weighted by molar-refractivity contribution is 6.02. The first-order valence-electron chi connectivity index (χ1n) is 30.3. The van der Waals surface area contributed by atoms with Crippen LogP contribution in [-0.2, 0) is 5.41 Å². The third-order valence-electron chi connectivity index (χ3n) is 17.8. The van der Waals surface area contributed by atoms with Gasteiger partial charge < -0.3 is 14.7 Å². The molecular formula is C85H59N3. The minimum Gasteiger partial charge on any atom is -0.310 e. The van der Waals surface area contributed by atoms with Crippen LogP contribution in [0.5, 0.6) is 0 Å². The molecule has 88 heavy (non-hydrogen) atoms. The lowest BCUT2D eigenvalue weighted by Gasteiger charge is -2.32. The minimum absolute atomic E-state index is 0.642. The molecule has 2 aliphatic carbocycles. The van der Waals surface area contributed by atoms with Gasteiger partial charge in [-0.1, -0.05) is 255 Å². The number of anilines is 9. The Balaban J connectivity index is 0.912. The highest BCUT2D eigenvalue weighted by atomic mass is 15.2. The summed E-state index contributed by atoms with van der Waals surface area (Å²) in [4.78, 5) is 7.27. The minimum atomic E-state index is -0.642. The van der Waals surface area contributed by atoms with Crippen LogP contribution >= 0.6 is 0 Å². The van der Waals surface area contributed by atoms with Crippen molar-refractivity contribution in [1.82, 2.24) is 0 Å². The Kier molecular flexibility index (Phi) is 13.1. The van der Waals surface area contributed by atoms with E-state index in [0.717, 1.165) is 62.3 Å². The fraction of sp³-hybridized carbons (Fsp3) is 0.0118. The number of fused-ring (bicyclic) bond motifs is 10. The largest absolute Gasteiger partial charge is 0.310 e. The second-order valence-corrected chi connectivity index (χ2v) is 22.8. The second-order valence-electron chi connectivity index (χ2n) is 22.8. The van der Waals surface area contributed by atoms with Gasteiger partial charge in [0.25, 0.3) is 0 Å². The molecule has 0 N–H and O–H groups in total. The maximum atomic E-state index is 2.52. The SMILES string of the molecule is c1ccc(-c2ccc(N(c3ccccc3)c3cc(-c4ccc5c(c4)C4(c6ccccc6-5)c5ccccc5-c5c(N(c6ccccc6)c6ccc(-c7ccccc7)cc6)cccc54)cc(N(c4ccccc4)c4ccc(-c5ccccc5)cc4)c3)cc2)cc1. The van der Waals surface area contributed by atoms with E-state index in [9.17, 15) is 0 Å². The van der Waals surface area contributed by atoms with E-state index in [1.54, 1.807) is 0 Å².